The van der Waals surface area contributed by atoms with E-state index in [9.17, 15) is 9.59 Å². The van der Waals surface area contributed by atoms with Gasteiger partial charge in [-0.1, -0.05) is 0 Å². The molecule has 2 aromatic rings. The van der Waals surface area contributed by atoms with Crippen LogP contribution in [0.3, 0.4) is 0 Å². The fourth-order valence-electron chi connectivity index (χ4n) is 2.81. The van der Waals surface area contributed by atoms with E-state index in [1.807, 2.05) is 0 Å². The van der Waals surface area contributed by atoms with Crippen LogP contribution in [0, 0.1) is 11.8 Å². The van der Waals surface area contributed by atoms with Gasteiger partial charge in [0.1, 0.15) is 23.0 Å². The van der Waals surface area contributed by atoms with Crippen molar-refractivity contribution >= 4 is 11.9 Å². The molecule has 2 rings (SSSR count). The van der Waals surface area contributed by atoms with E-state index in [0.717, 1.165) is 0 Å². The van der Waals surface area contributed by atoms with Gasteiger partial charge in [0.25, 0.3) is 0 Å². The van der Waals surface area contributed by atoms with Crippen molar-refractivity contribution < 1.29 is 38.0 Å². The molecule has 8 heteroatoms. The van der Waals surface area contributed by atoms with E-state index in [4.69, 9.17) is 28.4 Å². The van der Waals surface area contributed by atoms with E-state index in [2.05, 4.69) is 11.8 Å². The Balaban J connectivity index is 2.53. The lowest BCUT2D eigenvalue weighted by molar-refractivity contribution is -0.145. The molecule has 0 aliphatic heterocycles. The Labute approximate surface area is 187 Å². The Morgan fingerprint density at radius 2 is 0.875 bits per heavy atom. The van der Waals surface area contributed by atoms with Crippen LogP contribution in [0.4, 0.5) is 0 Å². The van der Waals surface area contributed by atoms with Crippen molar-refractivity contribution in [2.75, 3.05) is 28.4 Å². The molecular formula is C24H26O8. The molecule has 32 heavy (non-hydrogen) atoms. The lowest BCUT2D eigenvalue weighted by Gasteiger charge is -2.16. The normalized spacial score (nSPS) is 11.8. The fourth-order valence-corrected chi connectivity index (χ4v) is 2.81. The van der Waals surface area contributed by atoms with E-state index in [0.29, 0.717) is 34.1 Å². The maximum atomic E-state index is 11.7. The van der Waals surface area contributed by atoms with Gasteiger partial charge in [0, 0.05) is 37.1 Å². The first-order valence-corrected chi connectivity index (χ1v) is 9.61. The fraction of sp³-hybridized carbons (Fsp3) is 0.333. The van der Waals surface area contributed by atoms with Gasteiger partial charge in [-0.05, 0) is 36.1 Å². The summed E-state index contributed by atoms with van der Waals surface area (Å²) < 4.78 is 31.9. The molecule has 0 saturated heterocycles. The second-order valence-corrected chi connectivity index (χ2v) is 6.56. The molecule has 0 bridgehead atoms. The molecule has 170 valence electrons. The Kier molecular flexibility index (Phi) is 8.78. The van der Waals surface area contributed by atoms with Crippen molar-refractivity contribution in [3.8, 4) is 34.8 Å². The highest BCUT2D eigenvalue weighted by Gasteiger charge is 2.18. The van der Waals surface area contributed by atoms with Gasteiger partial charge in [-0.15, -0.1) is 0 Å². The minimum Gasteiger partial charge on any atom is -0.497 e. The maximum absolute atomic E-state index is 11.7. The first-order chi connectivity index (χ1) is 15.3. The largest absolute Gasteiger partial charge is 0.497 e. The molecule has 0 heterocycles. The van der Waals surface area contributed by atoms with Crippen LogP contribution in [0.15, 0.2) is 36.4 Å². The number of methoxy groups -OCH3 is 4. The SMILES string of the molecule is COc1cc(OC)cc(C(C#CC(OC(C)=O)c2cc(OC)cc(OC)c2)OC(C)=O)c1. The molecule has 0 saturated carbocycles. The molecule has 2 aromatic carbocycles. The van der Waals surface area contributed by atoms with Crippen LogP contribution in [0.1, 0.15) is 37.2 Å². The van der Waals surface area contributed by atoms with Crippen LogP contribution in [-0.2, 0) is 19.1 Å². The average molecular weight is 442 g/mol. The summed E-state index contributed by atoms with van der Waals surface area (Å²) in [6.07, 6.45) is -1.91. The highest BCUT2D eigenvalue weighted by Crippen LogP contribution is 2.30. The number of benzene rings is 2. The van der Waals surface area contributed by atoms with Gasteiger partial charge >= 0.3 is 11.9 Å². The molecule has 0 aromatic heterocycles. The minimum atomic E-state index is -0.956. The molecule has 0 N–H and O–H groups in total. The molecule has 2 unspecified atom stereocenters. The van der Waals surface area contributed by atoms with Crippen LogP contribution in [0.2, 0.25) is 0 Å². The maximum Gasteiger partial charge on any atom is 0.304 e. The van der Waals surface area contributed by atoms with Gasteiger partial charge in [0.05, 0.1) is 28.4 Å². The van der Waals surface area contributed by atoms with Crippen molar-refractivity contribution in [3.05, 3.63) is 47.5 Å². The predicted molar refractivity (Wildman–Crippen MR) is 116 cm³/mol. The van der Waals surface area contributed by atoms with Crippen molar-refractivity contribution in [1.82, 2.24) is 0 Å². The summed E-state index contributed by atoms with van der Waals surface area (Å²) in [5.41, 5.74) is 1.07. The summed E-state index contributed by atoms with van der Waals surface area (Å²) in [6, 6.07) is 10.1. The molecule has 2 atom stereocenters. The van der Waals surface area contributed by atoms with Crippen molar-refractivity contribution in [2.45, 2.75) is 26.1 Å². The number of hydrogen-bond donors (Lipinski definition) is 0. The van der Waals surface area contributed by atoms with Crippen LogP contribution in [-0.4, -0.2) is 40.4 Å². The summed E-state index contributed by atoms with van der Waals surface area (Å²) in [4.78, 5) is 23.4. The summed E-state index contributed by atoms with van der Waals surface area (Å²) >= 11 is 0. The zero-order valence-electron chi connectivity index (χ0n) is 18.9. The van der Waals surface area contributed by atoms with Gasteiger partial charge in [-0.2, -0.15) is 0 Å². The second-order valence-electron chi connectivity index (χ2n) is 6.56. The molecule has 0 aliphatic rings. The molecular weight excluding hydrogens is 416 g/mol. The average Bonchev–Trinajstić information content (AvgIpc) is 2.79. The summed E-state index contributed by atoms with van der Waals surface area (Å²) in [5, 5.41) is 0. The Bertz CT molecular complexity index is 894. The molecule has 0 fully saturated rings. The van der Waals surface area contributed by atoms with Crippen molar-refractivity contribution in [3.63, 3.8) is 0 Å². The molecule has 0 spiro atoms. The second kappa shape index (κ2) is 11.5. The lowest BCUT2D eigenvalue weighted by atomic mass is 10.1. The molecule has 0 radical (unpaired) electrons. The third-order valence-corrected chi connectivity index (χ3v) is 4.27. The van der Waals surface area contributed by atoms with Gasteiger partial charge in [-0.3, -0.25) is 9.59 Å². The van der Waals surface area contributed by atoms with E-state index < -0.39 is 24.1 Å². The van der Waals surface area contributed by atoms with Gasteiger partial charge < -0.3 is 28.4 Å². The first kappa shape index (κ1) is 24.4. The van der Waals surface area contributed by atoms with Crippen LogP contribution in [0.25, 0.3) is 0 Å². The summed E-state index contributed by atoms with van der Waals surface area (Å²) in [5.74, 6) is 6.74. The number of carbonyl (C=O) groups excluding carboxylic acids is 2. The van der Waals surface area contributed by atoms with Crippen LogP contribution < -0.4 is 18.9 Å². The predicted octanol–water partition coefficient (Wildman–Crippen LogP) is 3.63. The molecule has 8 nitrogen and oxygen atoms in total. The number of rotatable bonds is 8. The van der Waals surface area contributed by atoms with Crippen molar-refractivity contribution in [1.29, 1.82) is 0 Å². The first-order valence-electron chi connectivity index (χ1n) is 9.61. The number of esters is 2. The number of hydrogen-bond acceptors (Lipinski definition) is 8. The Morgan fingerprint density at radius 3 is 1.09 bits per heavy atom. The molecule has 0 amide bonds. The summed E-state index contributed by atoms with van der Waals surface area (Å²) in [6.45, 7) is 2.56. The quantitative estimate of drug-likeness (QED) is 0.452. The standard InChI is InChI=1S/C24H26O8/c1-15(25)31-23(17-9-19(27-3)13-20(10-17)28-4)7-8-24(32-16(2)26)18-11-21(29-5)14-22(12-18)30-6/h9-14,23-24H,1-6H3. The number of ether oxygens (including phenoxy) is 6. The van der Waals surface area contributed by atoms with E-state index in [1.54, 1.807) is 36.4 Å². The highest BCUT2D eigenvalue weighted by molar-refractivity contribution is 5.67. The zero-order chi connectivity index (χ0) is 23.7. The topological polar surface area (TPSA) is 89.5 Å². The lowest BCUT2D eigenvalue weighted by Crippen LogP contribution is -2.10. The minimum absolute atomic E-state index is 0.507. The molecule has 0 aliphatic carbocycles. The van der Waals surface area contributed by atoms with Crippen LogP contribution in [0.5, 0.6) is 23.0 Å². The van der Waals surface area contributed by atoms with Gasteiger partial charge in [0.2, 0.25) is 0 Å². The Hall–Kier alpha value is -3.86. The van der Waals surface area contributed by atoms with E-state index in [-0.39, 0.29) is 0 Å². The smallest absolute Gasteiger partial charge is 0.304 e. The third-order valence-electron chi connectivity index (χ3n) is 4.27. The summed E-state index contributed by atoms with van der Waals surface area (Å²) in [7, 11) is 6.05. The Morgan fingerprint density at radius 1 is 0.594 bits per heavy atom. The van der Waals surface area contributed by atoms with Crippen molar-refractivity contribution in [2.24, 2.45) is 0 Å². The van der Waals surface area contributed by atoms with Gasteiger partial charge in [0.15, 0.2) is 12.2 Å². The zero-order valence-corrected chi connectivity index (χ0v) is 18.9. The highest BCUT2D eigenvalue weighted by atomic mass is 16.5. The van der Waals surface area contributed by atoms with E-state index in [1.165, 1.54) is 42.3 Å². The van der Waals surface area contributed by atoms with E-state index >= 15 is 0 Å². The van der Waals surface area contributed by atoms with Gasteiger partial charge in [-0.25, -0.2) is 0 Å². The van der Waals surface area contributed by atoms with Crippen LogP contribution >= 0.6 is 0 Å². The monoisotopic (exact) mass is 442 g/mol. The third kappa shape index (κ3) is 6.84. The number of carbonyl (C=O) groups is 2.